The van der Waals surface area contributed by atoms with E-state index < -0.39 is 5.69 Å². The summed E-state index contributed by atoms with van der Waals surface area (Å²) in [4.78, 5) is 27.5. The molecule has 2 aromatic carbocycles. The molecule has 0 amide bonds. The van der Waals surface area contributed by atoms with Gasteiger partial charge < -0.3 is 4.98 Å². The quantitative estimate of drug-likeness (QED) is 0.791. The first-order valence-corrected chi connectivity index (χ1v) is 6.95. The maximum atomic E-state index is 12.5. The largest absolute Gasteiger partial charge is 0.329 e. The molecule has 1 atom stereocenters. The van der Waals surface area contributed by atoms with E-state index in [1.54, 1.807) is 36.4 Å². The Bertz CT molecular complexity index is 910. The third kappa shape index (κ3) is 2.38. The highest BCUT2D eigenvalue weighted by molar-refractivity contribution is 6.30. The number of hydrogen-bond donors (Lipinski definition) is 1. The molecule has 0 fully saturated rings. The molecule has 0 unspecified atom stereocenters. The van der Waals surface area contributed by atoms with Crippen LogP contribution in [-0.2, 0) is 0 Å². The molecular formula is C16H13ClN2O2. The van der Waals surface area contributed by atoms with Crippen molar-refractivity contribution in [2.24, 2.45) is 0 Å². The predicted octanol–water partition coefficient (Wildman–Crippen LogP) is 2.95. The standard InChI is InChI=1S/C16H13ClN2O2/c1-10(11-6-8-12(17)9-7-11)19-15(20)13-4-2-3-5-14(13)18-16(19)21/h2-10H,1H3,(H,18,21)/t10-/m1/s1. The molecule has 4 nitrogen and oxygen atoms in total. The van der Waals surface area contributed by atoms with Gasteiger partial charge in [-0.25, -0.2) is 4.79 Å². The van der Waals surface area contributed by atoms with Crippen molar-refractivity contribution in [3.63, 3.8) is 0 Å². The maximum Gasteiger partial charge on any atom is 0.329 e. The van der Waals surface area contributed by atoms with Gasteiger partial charge in [0.25, 0.3) is 5.56 Å². The molecule has 0 saturated carbocycles. The van der Waals surface area contributed by atoms with Crippen LogP contribution in [0.1, 0.15) is 18.5 Å². The molecular weight excluding hydrogens is 288 g/mol. The average Bonchev–Trinajstić information content (AvgIpc) is 2.48. The van der Waals surface area contributed by atoms with Gasteiger partial charge in [-0.15, -0.1) is 0 Å². The second-order valence-corrected chi connectivity index (χ2v) is 5.31. The number of nitrogens with zero attached hydrogens (tertiary/aromatic N) is 1. The number of aromatic nitrogens is 2. The van der Waals surface area contributed by atoms with Crippen molar-refractivity contribution in [3.05, 3.63) is 80.0 Å². The van der Waals surface area contributed by atoms with Gasteiger partial charge in [0.05, 0.1) is 16.9 Å². The Kier molecular flexibility index (Phi) is 3.39. The van der Waals surface area contributed by atoms with Crippen LogP contribution in [0, 0.1) is 0 Å². The first kappa shape index (κ1) is 13.6. The molecule has 3 aromatic rings. The molecule has 1 aromatic heterocycles. The van der Waals surface area contributed by atoms with E-state index in [0.717, 1.165) is 5.56 Å². The molecule has 106 valence electrons. The molecule has 0 spiro atoms. The smallest absolute Gasteiger partial charge is 0.307 e. The Hall–Kier alpha value is -2.33. The molecule has 0 radical (unpaired) electrons. The zero-order valence-corrected chi connectivity index (χ0v) is 12.1. The molecule has 0 saturated heterocycles. The Morgan fingerprint density at radius 2 is 1.71 bits per heavy atom. The van der Waals surface area contributed by atoms with Crippen LogP contribution >= 0.6 is 11.6 Å². The Morgan fingerprint density at radius 3 is 2.43 bits per heavy atom. The van der Waals surface area contributed by atoms with E-state index in [0.29, 0.717) is 15.9 Å². The second kappa shape index (κ2) is 5.22. The van der Waals surface area contributed by atoms with E-state index in [1.807, 2.05) is 19.1 Å². The summed E-state index contributed by atoms with van der Waals surface area (Å²) in [5, 5.41) is 1.11. The van der Waals surface area contributed by atoms with Crippen molar-refractivity contribution in [2.45, 2.75) is 13.0 Å². The first-order chi connectivity index (χ1) is 10.1. The van der Waals surface area contributed by atoms with E-state index in [4.69, 9.17) is 11.6 Å². The third-order valence-corrected chi connectivity index (χ3v) is 3.83. The van der Waals surface area contributed by atoms with Crippen LogP contribution in [0.2, 0.25) is 5.02 Å². The minimum absolute atomic E-state index is 0.295. The minimum atomic E-state index is -0.416. The Labute approximate surface area is 125 Å². The normalized spacial score (nSPS) is 12.5. The highest BCUT2D eigenvalue weighted by atomic mass is 35.5. The lowest BCUT2D eigenvalue weighted by Gasteiger charge is -2.15. The molecule has 21 heavy (non-hydrogen) atoms. The van der Waals surface area contributed by atoms with Gasteiger partial charge in [-0.1, -0.05) is 35.9 Å². The molecule has 0 aliphatic rings. The van der Waals surface area contributed by atoms with Crippen LogP contribution in [-0.4, -0.2) is 9.55 Å². The van der Waals surface area contributed by atoms with Crippen LogP contribution in [0.5, 0.6) is 0 Å². The van der Waals surface area contributed by atoms with E-state index in [2.05, 4.69) is 4.98 Å². The van der Waals surface area contributed by atoms with Crippen LogP contribution in [0.15, 0.2) is 58.1 Å². The van der Waals surface area contributed by atoms with Crippen LogP contribution in [0.4, 0.5) is 0 Å². The van der Waals surface area contributed by atoms with Gasteiger partial charge in [0.1, 0.15) is 0 Å². The fraction of sp³-hybridized carbons (Fsp3) is 0.125. The van der Waals surface area contributed by atoms with Gasteiger partial charge in [0, 0.05) is 5.02 Å². The van der Waals surface area contributed by atoms with Crippen molar-refractivity contribution in [2.75, 3.05) is 0 Å². The minimum Gasteiger partial charge on any atom is -0.307 e. The molecule has 5 heteroatoms. The van der Waals surface area contributed by atoms with Crippen molar-refractivity contribution in [1.29, 1.82) is 0 Å². The third-order valence-electron chi connectivity index (χ3n) is 3.58. The van der Waals surface area contributed by atoms with Gasteiger partial charge in [-0.05, 0) is 36.8 Å². The summed E-state index contributed by atoms with van der Waals surface area (Å²) in [5.41, 5.74) is 0.687. The predicted molar refractivity (Wildman–Crippen MR) is 84.1 cm³/mol. The summed E-state index contributed by atoms with van der Waals surface area (Å²) >= 11 is 5.87. The highest BCUT2D eigenvalue weighted by Crippen LogP contribution is 2.18. The lowest BCUT2D eigenvalue weighted by Crippen LogP contribution is -2.37. The Balaban J connectivity index is 2.22. The molecule has 3 rings (SSSR count). The summed E-state index contributed by atoms with van der Waals surface area (Å²) in [7, 11) is 0. The summed E-state index contributed by atoms with van der Waals surface area (Å²) in [6.45, 7) is 1.81. The summed E-state index contributed by atoms with van der Waals surface area (Å²) in [6.07, 6.45) is 0. The van der Waals surface area contributed by atoms with E-state index in [-0.39, 0.29) is 11.6 Å². The highest BCUT2D eigenvalue weighted by Gasteiger charge is 2.14. The van der Waals surface area contributed by atoms with E-state index >= 15 is 0 Å². The van der Waals surface area contributed by atoms with Crippen LogP contribution in [0.25, 0.3) is 10.9 Å². The first-order valence-electron chi connectivity index (χ1n) is 6.57. The monoisotopic (exact) mass is 300 g/mol. The van der Waals surface area contributed by atoms with Crippen LogP contribution in [0.3, 0.4) is 0 Å². The molecule has 1 heterocycles. The number of fused-ring (bicyclic) bond motifs is 1. The fourth-order valence-corrected chi connectivity index (χ4v) is 2.54. The zero-order valence-electron chi connectivity index (χ0n) is 11.3. The second-order valence-electron chi connectivity index (χ2n) is 4.88. The number of nitrogens with one attached hydrogen (secondary N) is 1. The Morgan fingerprint density at radius 1 is 1.05 bits per heavy atom. The lowest BCUT2D eigenvalue weighted by atomic mass is 10.1. The summed E-state index contributed by atoms with van der Waals surface area (Å²) < 4.78 is 1.23. The topological polar surface area (TPSA) is 54.9 Å². The van der Waals surface area contributed by atoms with Gasteiger partial charge in [-0.2, -0.15) is 0 Å². The molecule has 0 bridgehead atoms. The van der Waals surface area contributed by atoms with Gasteiger partial charge in [0.15, 0.2) is 0 Å². The number of aromatic amines is 1. The number of rotatable bonds is 2. The number of H-pyrrole nitrogens is 1. The van der Waals surface area contributed by atoms with Gasteiger partial charge in [0.2, 0.25) is 0 Å². The van der Waals surface area contributed by atoms with Crippen molar-refractivity contribution >= 4 is 22.5 Å². The number of para-hydroxylation sites is 1. The van der Waals surface area contributed by atoms with Crippen molar-refractivity contribution in [3.8, 4) is 0 Å². The van der Waals surface area contributed by atoms with Gasteiger partial charge >= 0.3 is 5.69 Å². The maximum absolute atomic E-state index is 12.5. The van der Waals surface area contributed by atoms with Gasteiger partial charge in [-0.3, -0.25) is 9.36 Å². The van der Waals surface area contributed by atoms with Crippen molar-refractivity contribution < 1.29 is 0 Å². The van der Waals surface area contributed by atoms with Crippen LogP contribution < -0.4 is 11.2 Å². The number of benzene rings is 2. The van der Waals surface area contributed by atoms with E-state index in [9.17, 15) is 9.59 Å². The zero-order chi connectivity index (χ0) is 15.0. The summed E-state index contributed by atoms with van der Waals surface area (Å²) in [6, 6.07) is 13.7. The number of halogens is 1. The number of hydrogen-bond acceptors (Lipinski definition) is 2. The molecule has 0 aliphatic heterocycles. The van der Waals surface area contributed by atoms with Crippen molar-refractivity contribution in [1.82, 2.24) is 9.55 Å². The summed E-state index contributed by atoms with van der Waals surface area (Å²) in [5.74, 6) is 0. The SMILES string of the molecule is C[C@H](c1ccc(Cl)cc1)n1c(=O)[nH]c2ccccc2c1=O. The van der Waals surface area contributed by atoms with E-state index in [1.165, 1.54) is 4.57 Å². The lowest BCUT2D eigenvalue weighted by molar-refractivity contribution is 0.585. The fourth-order valence-electron chi connectivity index (χ4n) is 2.42. The average molecular weight is 301 g/mol. The molecule has 1 N–H and O–H groups in total. The molecule has 0 aliphatic carbocycles.